The highest BCUT2D eigenvalue weighted by molar-refractivity contribution is 7.12. The molecule has 1 fully saturated rings. The molecule has 142 valence electrons. The second-order valence-corrected chi connectivity index (χ2v) is 7.42. The Hall–Kier alpha value is -3.12. The lowest BCUT2D eigenvalue weighted by Gasteiger charge is -2.34. The van der Waals surface area contributed by atoms with Crippen LogP contribution in [-0.4, -0.2) is 47.8 Å². The van der Waals surface area contributed by atoms with Crippen molar-refractivity contribution in [3.63, 3.8) is 0 Å². The highest BCUT2D eigenvalue weighted by Gasteiger charge is 2.27. The minimum absolute atomic E-state index is 0.0370. The number of thiophene rings is 1. The summed E-state index contributed by atoms with van der Waals surface area (Å²) in [7, 11) is 0. The molecule has 2 amide bonds. The molecule has 0 spiro atoms. The van der Waals surface area contributed by atoms with Gasteiger partial charge >= 0.3 is 0 Å². The van der Waals surface area contributed by atoms with E-state index in [4.69, 9.17) is 4.74 Å². The lowest BCUT2D eigenvalue weighted by atomic mass is 10.1. The van der Waals surface area contributed by atoms with E-state index >= 15 is 0 Å². The first-order valence-electron chi connectivity index (χ1n) is 9.16. The molecule has 0 saturated carbocycles. The topological polar surface area (TPSA) is 49.9 Å². The van der Waals surface area contributed by atoms with E-state index in [1.807, 2.05) is 64.9 Å². The molecule has 0 N–H and O–H groups in total. The van der Waals surface area contributed by atoms with Gasteiger partial charge < -0.3 is 14.5 Å². The lowest BCUT2D eigenvalue weighted by molar-refractivity contribution is 0.0536. The van der Waals surface area contributed by atoms with Crippen molar-refractivity contribution in [2.24, 2.45) is 0 Å². The second kappa shape index (κ2) is 8.27. The number of benzene rings is 2. The predicted octanol–water partition coefficient (Wildman–Crippen LogP) is 4.14. The van der Waals surface area contributed by atoms with Crippen molar-refractivity contribution in [3.8, 4) is 11.5 Å². The number of carbonyl (C=O) groups is 2. The van der Waals surface area contributed by atoms with E-state index in [9.17, 15) is 9.59 Å². The molecule has 1 aliphatic heterocycles. The zero-order valence-electron chi connectivity index (χ0n) is 15.3. The fourth-order valence-electron chi connectivity index (χ4n) is 3.19. The molecular weight excluding hydrogens is 372 g/mol. The zero-order valence-corrected chi connectivity index (χ0v) is 16.1. The smallest absolute Gasteiger partial charge is 0.264 e. The van der Waals surface area contributed by atoms with E-state index in [-0.39, 0.29) is 11.8 Å². The molecule has 3 aromatic rings. The SMILES string of the molecule is O=C(c1cccs1)N1CCN(C(=O)c2ccccc2Oc2ccccc2)CC1. The Bertz CT molecular complexity index is 949. The van der Waals surface area contributed by atoms with Crippen molar-refractivity contribution >= 4 is 23.2 Å². The molecule has 28 heavy (non-hydrogen) atoms. The summed E-state index contributed by atoms with van der Waals surface area (Å²) in [6.45, 7) is 2.08. The van der Waals surface area contributed by atoms with Gasteiger partial charge in [0.15, 0.2) is 0 Å². The van der Waals surface area contributed by atoms with Gasteiger partial charge in [-0.3, -0.25) is 9.59 Å². The van der Waals surface area contributed by atoms with Gasteiger partial charge in [-0.25, -0.2) is 0 Å². The molecule has 1 aliphatic rings. The molecule has 6 heteroatoms. The maximum absolute atomic E-state index is 13.1. The minimum atomic E-state index is -0.0743. The van der Waals surface area contributed by atoms with Crippen LogP contribution in [0.15, 0.2) is 72.1 Å². The Morgan fingerprint density at radius 2 is 1.39 bits per heavy atom. The van der Waals surface area contributed by atoms with Crippen LogP contribution in [0.4, 0.5) is 0 Å². The van der Waals surface area contributed by atoms with Crippen molar-refractivity contribution < 1.29 is 14.3 Å². The van der Waals surface area contributed by atoms with E-state index in [2.05, 4.69) is 0 Å². The predicted molar refractivity (Wildman–Crippen MR) is 109 cm³/mol. The number of hydrogen-bond donors (Lipinski definition) is 0. The third kappa shape index (κ3) is 3.92. The standard InChI is InChI=1S/C22H20N2O3S/c25-21(18-9-4-5-10-19(18)27-17-7-2-1-3-8-17)23-12-14-24(15-13-23)22(26)20-11-6-16-28-20/h1-11,16H,12-15H2. The highest BCUT2D eigenvalue weighted by atomic mass is 32.1. The summed E-state index contributed by atoms with van der Waals surface area (Å²) in [4.78, 5) is 29.9. The van der Waals surface area contributed by atoms with Gasteiger partial charge in [0, 0.05) is 26.2 Å². The lowest BCUT2D eigenvalue weighted by Crippen LogP contribution is -2.50. The summed E-state index contributed by atoms with van der Waals surface area (Å²) in [6, 6.07) is 20.4. The fraction of sp³-hybridized carbons (Fsp3) is 0.182. The molecule has 0 bridgehead atoms. The number of rotatable bonds is 4. The van der Waals surface area contributed by atoms with Crippen LogP contribution >= 0.6 is 11.3 Å². The van der Waals surface area contributed by atoms with Gasteiger partial charge in [-0.15, -0.1) is 11.3 Å². The number of para-hydroxylation sites is 2. The van der Waals surface area contributed by atoms with Gasteiger partial charge in [0.25, 0.3) is 11.8 Å². The molecule has 1 aromatic heterocycles. The van der Waals surface area contributed by atoms with Crippen molar-refractivity contribution in [2.75, 3.05) is 26.2 Å². The third-order valence-electron chi connectivity index (χ3n) is 4.67. The van der Waals surface area contributed by atoms with Gasteiger partial charge in [-0.1, -0.05) is 36.4 Å². The van der Waals surface area contributed by atoms with Crippen LogP contribution in [0, 0.1) is 0 Å². The average molecular weight is 392 g/mol. The van der Waals surface area contributed by atoms with Crippen LogP contribution in [0.3, 0.4) is 0 Å². The van der Waals surface area contributed by atoms with Crippen LogP contribution in [0.1, 0.15) is 20.0 Å². The molecule has 4 rings (SSSR count). The summed E-state index contributed by atoms with van der Waals surface area (Å²) in [5, 5.41) is 1.90. The monoisotopic (exact) mass is 392 g/mol. The first kappa shape index (κ1) is 18.3. The molecule has 1 saturated heterocycles. The van der Waals surface area contributed by atoms with Crippen molar-refractivity contribution in [2.45, 2.75) is 0 Å². The van der Waals surface area contributed by atoms with Crippen molar-refractivity contribution in [3.05, 3.63) is 82.6 Å². The molecule has 0 atom stereocenters. The summed E-state index contributed by atoms with van der Waals surface area (Å²) >= 11 is 1.44. The van der Waals surface area contributed by atoms with Crippen molar-refractivity contribution in [1.82, 2.24) is 9.80 Å². The average Bonchev–Trinajstić information content (AvgIpc) is 3.29. The van der Waals surface area contributed by atoms with Gasteiger partial charge in [0.2, 0.25) is 0 Å². The van der Waals surface area contributed by atoms with Gasteiger partial charge in [0.05, 0.1) is 10.4 Å². The van der Waals surface area contributed by atoms with E-state index in [1.54, 1.807) is 17.0 Å². The number of piperazine rings is 1. The summed E-state index contributed by atoms with van der Waals surface area (Å²) in [6.07, 6.45) is 0. The van der Waals surface area contributed by atoms with Crippen molar-refractivity contribution in [1.29, 1.82) is 0 Å². The van der Waals surface area contributed by atoms with E-state index in [1.165, 1.54) is 11.3 Å². The molecule has 0 aliphatic carbocycles. The molecule has 2 heterocycles. The minimum Gasteiger partial charge on any atom is -0.457 e. The largest absolute Gasteiger partial charge is 0.457 e. The maximum Gasteiger partial charge on any atom is 0.264 e. The van der Waals surface area contributed by atoms with Crippen LogP contribution < -0.4 is 4.74 Å². The van der Waals surface area contributed by atoms with E-state index < -0.39 is 0 Å². The van der Waals surface area contributed by atoms with E-state index in [0.29, 0.717) is 43.2 Å². The van der Waals surface area contributed by atoms with Crippen LogP contribution in [0.5, 0.6) is 11.5 Å². The fourth-order valence-corrected chi connectivity index (χ4v) is 3.88. The van der Waals surface area contributed by atoms with Gasteiger partial charge in [-0.05, 0) is 35.7 Å². The zero-order chi connectivity index (χ0) is 19.3. The molecule has 0 radical (unpaired) electrons. The number of ether oxygens (including phenoxy) is 1. The van der Waals surface area contributed by atoms with Gasteiger partial charge in [-0.2, -0.15) is 0 Å². The Kier molecular flexibility index (Phi) is 5.39. The summed E-state index contributed by atoms with van der Waals surface area (Å²) in [5.41, 5.74) is 0.532. The van der Waals surface area contributed by atoms with Crippen LogP contribution in [0.2, 0.25) is 0 Å². The first-order valence-corrected chi connectivity index (χ1v) is 10.0. The maximum atomic E-state index is 13.1. The molecule has 0 unspecified atom stereocenters. The van der Waals surface area contributed by atoms with Gasteiger partial charge in [0.1, 0.15) is 11.5 Å². The second-order valence-electron chi connectivity index (χ2n) is 6.47. The summed E-state index contributed by atoms with van der Waals surface area (Å²) in [5.74, 6) is 1.19. The number of amides is 2. The third-order valence-corrected chi connectivity index (χ3v) is 5.53. The Labute approximate surface area is 167 Å². The van der Waals surface area contributed by atoms with Crippen LogP contribution in [0.25, 0.3) is 0 Å². The normalized spacial score (nSPS) is 14.0. The number of nitrogens with zero attached hydrogens (tertiary/aromatic N) is 2. The van der Waals surface area contributed by atoms with E-state index in [0.717, 1.165) is 4.88 Å². The molecule has 5 nitrogen and oxygen atoms in total. The Morgan fingerprint density at radius 3 is 2.07 bits per heavy atom. The number of carbonyl (C=O) groups excluding carboxylic acids is 2. The Morgan fingerprint density at radius 1 is 0.750 bits per heavy atom. The molecular formula is C22H20N2O3S. The highest BCUT2D eigenvalue weighted by Crippen LogP contribution is 2.26. The Balaban J connectivity index is 1.44. The van der Waals surface area contributed by atoms with Crippen LogP contribution in [-0.2, 0) is 0 Å². The number of hydrogen-bond acceptors (Lipinski definition) is 4. The quantitative estimate of drug-likeness (QED) is 0.671. The molecule has 2 aromatic carbocycles. The first-order chi connectivity index (χ1) is 13.7. The summed E-state index contributed by atoms with van der Waals surface area (Å²) < 4.78 is 5.92.